The molecule has 2 rings (SSSR count). The van der Waals surface area contributed by atoms with Crippen molar-refractivity contribution in [2.75, 3.05) is 0 Å². The number of benzene rings is 1. The van der Waals surface area contributed by atoms with Crippen LogP contribution in [0.15, 0.2) is 23.6 Å². The van der Waals surface area contributed by atoms with Gasteiger partial charge in [0, 0.05) is 23.5 Å². The standard InChI is InChI=1S/C13H15FN2S/c1-8-3-10(5-11(14)4-8)12(15)6-13-16-9(2)7-17-13/h3-5,7,12H,6,15H2,1-2H3. The SMILES string of the molecule is Cc1cc(F)cc(C(N)Cc2nc(C)cs2)c1. The van der Waals surface area contributed by atoms with Crippen molar-refractivity contribution in [1.29, 1.82) is 0 Å². The average molecular weight is 250 g/mol. The summed E-state index contributed by atoms with van der Waals surface area (Å²) in [6, 6.07) is 4.73. The van der Waals surface area contributed by atoms with Gasteiger partial charge >= 0.3 is 0 Å². The summed E-state index contributed by atoms with van der Waals surface area (Å²) in [4.78, 5) is 4.37. The first-order chi connectivity index (χ1) is 8.04. The number of aryl methyl sites for hydroxylation is 2. The Morgan fingerprint density at radius 3 is 2.71 bits per heavy atom. The molecule has 17 heavy (non-hydrogen) atoms. The van der Waals surface area contributed by atoms with E-state index >= 15 is 0 Å². The normalized spacial score (nSPS) is 12.7. The molecule has 0 aliphatic rings. The first kappa shape index (κ1) is 12.2. The predicted molar refractivity (Wildman–Crippen MR) is 68.6 cm³/mol. The third-order valence-corrected chi connectivity index (χ3v) is 3.54. The lowest BCUT2D eigenvalue weighted by molar-refractivity contribution is 0.617. The molecule has 1 aromatic heterocycles. The molecule has 0 fully saturated rings. The Kier molecular flexibility index (Phi) is 3.54. The van der Waals surface area contributed by atoms with Crippen LogP contribution in [0.1, 0.15) is 27.9 Å². The number of hydrogen-bond donors (Lipinski definition) is 1. The van der Waals surface area contributed by atoms with E-state index in [-0.39, 0.29) is 11.9 Å². The Balaban J connectivity index is 2.16. The van der Waals surface area contributed by atoms with E-state index in [9.17, 15) is 4.39 Å². The van der Waals surface area contributed by atoms with Gasteiger partial charge in [0.15, 0.2) is 0 Å². The quantitative estimate of drug-likeness (QED) is 0.909. The zero-order valence-corrected chi connectivity index (χ0v) is 10.7. The molecule has 0 amide bonds. The van der Waals surface area contributed by atoms with Gasteiger partial charge in [0.05, 0.1) is 5.01 Å². The molecule has 0 spiro atoms. The molecule has 0 aliphatic carbocycles. The summed E-state index contributed by atoms with van der Waals surface area (Å²) in [5.74, 6) is -0.231. The number of aromatic nitrogens is 1. The van der Waals surface area contributed by atoms with Crippen LogP contribution in [-0.4, -0.2) is 4.98 Å². The highest BCUT2D eigenvalue weighted by Crippen LogP contribution is 2.20. The van der Waals surface area contributed by atoms with E-state index in [1.165, 1.54) is 12.1 Å². The molecule has 0 radical (unpaired) electrons. The molecule has 90 valence electrons. The van der Waals surface area contributed by atoms with Gasteiger partial charge in [-0.2, -0.15) is 0 Å². The fourth-order valence-electron chi connectivity index (χ4n) is 1.78. The molecule has 0 bridgehead atoms. The third kappa shape index (κ3) is 3.11. The smallest absolute Gasteiger partial charge is 0.123 e. The highest BCUT2D eigenvalue weighted by Gasteiger charge is 2.11. The lowest BCUT2D eigenvalue weighted by Crippen LogP contribution is -2.13. The number of halogens is 1. The molecule has 1 atom stereocenters. The van der Waals surface area contributed by atoms with Crippen molar-refractivity contribution in [3.8, 4) is 0 Å². The fraction of sp³-hybridized carbons (Fsp3) is 0.308. The van der Waals surface area contributed by atoms with E-state index in [2.05, 4.69) is 4.98 Å². The Hall–Kier alpha value is -1.26. The van der Waals surface area contributed by atoms with E-state index in [4.69, 9.17) is 5.73 Å². The van der Waals surface area contributed by atoms with Gasteiger partial charge in [-0.1, -0.05) is 6.07 Å². The van der Waals surface area contributed by atoms with E-state index in [1.54, 1.807) is 11.3 Å². The lowest BCUT2D eigenvalue weighted by Gasteiger charge is -2.11. The van der Waals surface area contributed by atoms with Crippen LogP contribution in [0, 0.1) is 19.7 Å². The molecule has 0 saturated carbocycles. The third-order valence-electron chi connectivity index (χ3n) is 2.55. The molecule has 1 unspecified atom stereocenters. The lowest BCUT2D eigenvalue weighted by atomic mass is 10.0. The molecule has 2 N–H and O–H groups in total. The van der Waals surface area contributed by atoms with Gasteiger partial charge < -0.3 is 5.73 Å². The number of nitrogens with two attached hydrogens (primary N) is 1. The largest absolute Gasteiger partial charge is 0.324 e. The van der Waals surface area contributed by atoms with E-state index in [1.807, 2.05) is 25.3 Å². The van der Waals surface area contributed by atoms with E-state index < -0.39 is 0 Å². The Morgan fingerprint density at radius 2 is 2.12 bits per heavy atom. The summed E-state index contributed by atoms with van der Waals surface area (Å²) in [6.45, 7) is 3.82. The Bertz CT molecular complexity index is 502. The molecular formula is C13H15FN2S. The molecular weight excluding hydrogens is 235 g/mol. The van der Waals surface area contributed by atoms with Crippen molar-refractivity contribution in [3.63, 3.8) is 0 Å². The van der Waals surface area contributed by atoms with Crippen LogP contribution in [0.4, 0.5) is 4.39 Å². The van der Waals surface area contributed by atoms with Crippen LogP contribution in [0.25, 0.3) is 0 Å². The van der Waals surface area contributed by atoms with Gasteiger partial charge in [-0.15, -0.1) is 11.3 Å². The second-order valence-corrected chi connectivity index (χ2v) is 5.20. The molecule has 4 heteroatoms. The van der Waals surface area contributed by atoms with Crippen molar-refractivity contribution in [3.05, 3.63) is 51.2 Å². The summed E-state index contributed by atoms with van der Waals surface area (Å²) in [5.41, 5.74) is 8.80. The van der Waals surface area contributed by atoms with E-state index in [0.717, 1.165) is 21.8 Å². The van der Waals surface area contributed by atoms with Gasteiger partial charge in [-0.05, 0) is 37.1 Å². The summed E-state index contributed by atoms with van der Waals surface area (Å²) >= 11 is 1.60. The maximum absolute atomic E-state index is 13.3. The zero-order valence-electron chi connectivity index (χ0n) is 9.90. The van der Waals surface area contributed by atoms with Crippen molar-refractivity contribution in [1.82, 2.24) is 4.98 Å². The van der Waals surface area contributed by atoms with Crippen molar-refractivity contribution in [2.24, 2.45) is 5.73 Å². The topological polar surface area (TPSA) is 38.9 Å². The first-order valence-corrected chi connectivity index (χ1v) is 6.36. The number of rotatable bonds is 3. The van der Waals surface area contributed by atoms with Crippen LogP contribution in [0.2, 0.25) is 0 Å². The highest BCUT2D eigenvalue weighted by atomic mass is 32.1. The van der Waals surface area contributed by atoms with Crippen LogP contribution >= 0.6 is 11.3 Å². The maximum atomic E-state index is 13.3. The molecule has 1 aromatic carbocycles. The minimum Gasteiger partial charge on any atom is -0.324 e. The summed E-state index contributed by atoms with van der Waals surface area (Å²) in [6.07, 6.45) is 0.654. The number of nitrogens with zero attached hydrogens (tertiary/aromatic N) is 1. The van der Waals surface area contributed by atoms with Crippen molar-refractivity contribution < 1.29 is 4.39 Å². The fourth-order valence-corrected chi connectivity index (χ4v) is 2.61. The van der Waals surface area contributed by atoms with Gasteiger partial charge in [0.1, 0.15) is 5.82 Å². The van der Waals surface area contributed by atoms with Gasteiger partial charge in [-0.25, -0.2) is 9.37 Å². The van der Waals surface area contributed by atoms with Gasteiger partial charge in [-0.3, -0.25) is 0 Å². The predicted octanol–water partition coefficient (Wildman–Crippen LogP) is 3.14. The van der Waals surface area contributed by atoms with Gasteiger partial charge in [0.2, 0.25) is 0 Å². The average Bonchev–Trinajstić information content (AvgIpc) is 2.62. The molecule has 1 heterocycles. The van der Waals surface area contributed by atoms with Crippen LogP contribution in [-0.2, 0) is 6.42 Å². The highest BCUT2D eigenvalue weighted by molar-refractivity contribution is 7.09. The maximum Gasteiger partial charge on any atom is 0.123 e. The number of hydrogen-bond acceptors (Lipinski definition) is 3. The molecule has 2 aromatic rings. The summed E-state index contributed by atoms with van der Waals surface area (Å²) in [7, 11) is 0. The second-order valence-electron chi connectivity index (χ2n) is 4.26. The van der Waals surface area contributed by atoms with Crippen molar-refractivity contribution >= 4 is 11.3 Å². The Labute approximate surface area is 104 Å². The zero-order chi connectivity index (χ0) is 12.4. The first-order valence-electron chi connectivity index (χ1n) is 5.48. The number of thiazole rings is 1. The molecule has 0 aliphatic heterocycles. The summed E-state index contributed by atoms with van der Waals surface area (Å²) < 4.78 is 13.3. The van der Waals surface area contributed by atoms with Crippen LogP contribution in [0.5, 0.6) is 0 Å². The monoisotopic (exact) mass is 250 g/mol. The Morgan fingerprint density at radius 1 is 1.35 bits per heavy atom. The van der Waals surface area contributed by atoms with Gasteiger partial charge in [0.25, 0.3) is 0 Å². The summed E-state index contributed by atoms with van der Waals surface area (Å²) in [5, 5.41) is 3.00. The molecule has 0 saturated heterocycles. The second kappa shape index (κ2) is 4.94. The van der Waals surface area contributed by atoms with Crippen molar-refractivity contribution in [2.45, 2.75) is 26.3 Å². The minimum absolute atomic E-state index is 0.199. The van der Waals surface area contributed by atoms with E-state index in [0.29, 0.717) is 6.42 Å². The van der Waals surface area contributed by atoms with Crippen LogP contribution < -0.4 is 5.73 Å². The minimum atomic E-state index is -0.231. The molecule has 2 nitrogen and oxygen atoms in total. The van der Waals surface area contributed by atoms with Crippen LogP contribution in [0.3, 0.4) is 0 Å².